The first-order chi connectivity index (χ1) is 13.0. The van der Waals surface area contributed by atoms with Gasteiger partial charge in [-0.2, -0.15) is 5.10 Å². The van der Waals surface area contributed by atoms with Gasteiger partial charge in [0.2, 0.25) is 11.8 Å². The van der Waals surface area contributed by atoms with Crippen LogP contribution in [0.25, 0.3) is 0 Å². The topological polar surface area (TPSA) is 53.0 Å². The van der Waals surface area contributed by atoms with Gasteiger partial charge in [0.25, 0.3) is 0 Å². The third-order valence-electron chi connectivity index (χ3n) is 4.84. The summed E-state index contributed by atoms with van der Waals surface area (Å²) in [7, 11) is 1.78. The van der Waals surface area contributed by atoms with Crippen molar-refractivity contribution in [3.05, 3.63) is 71.3 Å². The van der Waals surface area contributed by atoms with E-state index in [-0.39, 0.29) is 24.7 Å². The zero-order chi connectivity index (χ0) is 19.2. The van der Waals surface area contributed by atoms with Crippen LogP contribution < -0.4 is 0 Å². The number of rotatable bonds is 6. The lowest BCUT2D eigenvalue weighted by molar-refractivity contribution is -0.136. The van der Waals surface area contributed by atoms with Gasteiger partial charge in [0.05, 0.1) is 12.3 Å². The summed E-state index contributed by atoms with van der Waals surface area (Å²) in [5, 5.41) is 5.93. The molecular weight excluding hydrogens is 338 g/mol. The lowest BCUT2D eigenvalue weighted by atomic mass is 10.1. The van der Waals surface area contributed by atoms with Crippen LogP contribution in [0.1, 0.15) is 36.0 Å². The third kappa shape index (κ3) is 4.82. The molecule has 0 unspecified atom stereocenters. The minimum atomic E-state index is -0.0985. The van der Waals surface area contributed by atoms with Gasteiger partial charge in [0.1, 0.15) is 0 Å². The number of carbonyl (C=O) groups is 2. The second kappa shape index (κ2) is 8.62. The van der Waals surface area contributed by atoms with Crippen molar-refractivity contribution in [3.63, 3.8) is 0 Å². The summed E-state index contributed by atoms with van der Waals surface area (Å²) in [4.78, 5) is 26.5. The molecule has 5 nitrogen and oxygen atoms in total. The van der Waals surface area contributed by atoms with Crippen LogP contribution in [0.3, 0.4) is 0 Å². The monoisotopic (exact) mass is 363 g/mol. The lowest BCUT2D eigenvalue weighted by Crippen LogP contribution is -2.29. The number of hydrogen-bond donors (Lipinski definition) is 0. The summed E-state index contributed by atoms with van der Waals surface area (Å²) in [5.41, 5.74) is 4.25. The number of benzene rings is 2. The Kier molecular flexibility index (Phi) is 6.01. The van der Waals surface area contributed by atoms with Gasteiger partial charge in [0.15, 0.2) is 0 Å². The van der Waals surface area contributed by atoms with E-state index in [2.05, 4.69) is 5.10 Å². The fraction of sp³-hybridized carbons (Fsp3) is 0.318. The van der Waals surface area contributed by atoms with Crippen LogP contribution in [0.15, 0.2) is 59.7 Å². The molecule has 0 bridgehead atoms. The molecule has 0 spiro atoms. The van der Waals surface area contributed by atoms with E-state index in [1.807, 2.05) is 61.5 Å². The smallest absolute Gasteiger partial charge is 0.243 e. The first-order valence-corrected chi connectivity index (χ1v) is 9.26. The molecule has 0 N–H and O–H groups in total. The summed E-state index contributed by atoms with van der Waals surface area (Å²) in [6.07, 6.45) is 1.13. The van der Waals surface area contributed by atoms with Crippen LogP contribution >= 0.6 is 0 Å². The SMILES string of the molecule is Cc1ccccc1CN(C)C(=O)CCC(=O)N1CCC(c2ccccc2)=N1. The Hall–Kier alpha value is -2.95. The van der Waals surface area contributed by atoms with E-state index >= 15 is 0 Å². The molecule has 1 aliphatic heterocycles. The van der Waals surface area contributed by atoms with Gasteiger partial charge in [0, 0.05) is 32.9 Å². The summed E-state index contributed by atoms with van der Waals surface area (Å²) < 4.78 is 0. The maximum Gasteiger partial charge on any atom is 0.243 e. The van der Waals surface area contributed by atoms with Crippen molar-refractivity contribution in [2.75, 3.05) is 13.6 Å². The first kappa shape index (κ1) is 18.8. The van der Waals surface area contributed by atoms with Gasteiger partial charge in [-0.05, 0) is 23.6 Å². The molecular formula is C22H25N3O2. The summed E-state index contributed by atoms with van der Waals surface area (Å²) in [6, 6.07) is 17.9. The highest BCUT2D eigenvalue weighted by Crippen LogP contribution is 2.16. The number of hydrazone groups is 1. The quantitative estimate of drug-likeness (QED) is 0.790. The Morgan fingerprint density at radius 1 is 1.04 bits per heavy atom. The average molecular weight is 363 g/mol. The molecule has 2 aromatic rings. The number of hydrogen-bond acceptors (Lipinski definition) is 3. The molecule has 5 heteroatoms. The van der Waals surface area contributed by atoms with Crippen molar-refractivity contribution < 1.29 is 9.59 Å². The number of aryl methyl sites for hydroxylation is 1. The molecule has 1 aliphatic rings. The molecule has 0 saturated heterocycles. The number of amides is 2. The summed E-state index contributed by atoms with van der Waals surface area (Å²) in [5.74, 6) is -0.128. The molecule has 0 aromatic heterocycles. The molecule has 0 saturated carbocycles. The Morgan fingerprint density at radius 3 is 2.48 bits per heavy atom. The van der Waals surface area contributed by atoms with Gasteiger partial charge in [-0.3, -0.25) is 9.59 Å². The predicted molar refractivity (Wildman–Crippen MR) is 106 cm³/mol. The van der Waals surface area contributed by atoms with E-state index in [1.54, 1.807) is 11.9 Å². The second-order valence-corrected chi connectivity index (χ2v) is 6.86. The largest absolute Gasteiger partial charge is 0.341 e. The Balaban J connectivity index is 1.51. The van der Waals surface area contributed by atoms with Crippen molar-refractivity contribution >= 4 is 17.5 Å². The highest BCUT2D eigenvalue weighted by Gasteiger charge is 2.22. The normalized spacial score (nSPS) is 13.4. The van der Waals surface area contributed by atoms with Crippen LogP contribution in [-0.2, 0) is 16.1 Å². The molecule has 140 valence electrons. The zero-order valence-electron chi connectivity index (χ0n) is 15.9. The molecule has 0 aliphatic carbocycles. The number of nitrogens with zero attached hydrogens (tertiary/aromatic N) is 3. The number of carbonyl (C=O) groups excluding carboxylic acids is 2. The molecule has 3 rings (SSSR count). The Morgan fingerprint density at radius 2 is 1.74 bits per heavy atom. The molecule has 1 heterocycles. The third-order valence-corrected chi connectivity index (χ3v) is 4.84. The lowest BCUT2D eigenvalue weighted by Gasteiger charge is -2.19. The molecule has 2 amide bonds. The average Bonchev–Trinajstić information content (AvgIpc) is 3.18. The van der Waals surface area contributed by atoms with Crippen LogP contribution in [0, 0.1) is 6.92 Å². The molecule has 2 aromatic carbocycles. The van der Waals surface area contributed by atoms with E-state index in [4.69, 9.17) is 0 Å². The molecule has 0 fully saturated rings. The second-order valence-electron chi connectivity index (χ2n) is 6.86. The van der Waals surface area contributed by atoms with E-state index in [9.17, 15) is 9.59 Å². The standard InChI is InChI=1S/C22H25N3O2/c1-17-8-6-7-11-19(17)16-24(2)21(26)12-13-22(27)25-15-14-20(23-25)18-9-4-3-5-10-18/h3-11H,12-16H2,1-2H3. The van der Waals surface area contributed by atoms with Crippen molar-refractivity contribution in [2.24, 2.45) is 5.10 Å². The van der Waals surface area contributed by atoms with E-state index in [0.717, 1.165) is 28.8 Å². The van der Waals surface area contributed by atoms with Gasteiger partial charge in [-0.25, -0.2) is 5.01 Å². The molecule has 27 heavy (non-hydrogen) atoms. The van der Waals surface area contributed by atoms with Gasteiger partial charge in [-0.15, -0.1) is 0 Å². The van der Waals surface area contributed by atoms with Gasteiger partial charge in [-0.1, -0.05) is 54.6 Å². The van der Waals surface area contributed by atoms with Crippen LogP contribution in [-0.4, -0.2) is 41.0 Å². The van der Waals surface area contributed by atoms with Crippen molar-refractivity contribution in [1.82, 2.24) is 9.91 Å². The predicted octanol–water partition coefficient (Wildman–Crippen LogP) is 3.37. The van der Waals surface area contributed by atoms with Crippen LogP contribution in [0.4, 0.5) is 0 Å². The highest BCUT2D eigenvalue weighted by molar-refractivity contribution is 6.02. The van der Waals surface area contributed by atoms with Crippen molar-refractivity contribution in [3.8, 4) is 0 Å². The Bertz CT molecular complexity index is 846. The van der Waals surface area contributed by atoms with E-state index in [1.165, 1.54) is 5.01 Å². The van der Waals surface area contributed by atoms with Gasteiger partial charge < -0.3 is 4.90 Å². The highest BCUT2D eigenvalue weighted by atomic mass is 16.2. The van der Waals surface area contributed by atoms with Crippen LogP contribution in [0.5, 0.6) is 0 Å². The summed E-state index contributed by atoms with van der Waals surface area (Å²) in [6.45, 7) is 3.17. The van der Waals surface area contributed by atoms with E-state index < -0.39 is 0 Å². The minimum absolute atomic E-state index is 0.0296. The fourth-order valence-electron chi connectivity index (χ4n) is 3.14. The maximum atomic E-state index is 12.4. The maximum absolute atomic E-state index is 12.4. The zero-order valence-corrected chi connectivity index (χ0v) is 15.9. The van der Waals surface area contributed by atoms with Crippen molar-refractivity contribution in [2.45, 2.75) is 32.7 Å². The van der Waals surface area contributed by atoms with Crippen LogP contribution in [0.2, 0.25) is 0 Å². The molecule has 0 atom stereocenters. The fourth-order valence-corrected chi connectivity index (χ4v) is 3.14. The molecule has 0 radical (unpaired) electrons. The Labute approximate surface area is 160 Å². The van der Waals surface area contributed by atoms with Crippen molar-refractivity contribution in [1.29, 1.82) is 0 Å². The summed E-state index contributed by atoms with van der Waals surface area (Å²) >= 11 is 0. The minimum Gasteiger partial charge on any atom is -0.341 e. The first-order valence-electron chi connectivity index (χ1n) is 9.26. The van der Waals surface area contributed by atoms with Gasteiger partial charge >= 0.3 is 0 Å². The van der Waals surface area contributed by atoms with E-state index in [0.29, 0.717) is 13.1 Å².